The number of nitrogens with zero attached hydrogens (tertiary/aromatic N) is 2. The van der Waals surface area contributed by atoms with Crippen LogP contribution < -0.4 is 10.1 Å². The summed E-state index contributed by atoms with van der Waals surface area (Å²) >= 11 is 0. The summed E-state index contributed by atoms with van der Waals surface area (Å²) in [4.78, 5) is 13.3. The van der Waals surface area contributed by atoms with Gasteiger partial charge in [0.05, 0.1) is 12.2 Å². The first-order valence-electron chi connectivity index (χ1n) is 12.3. The Morgan fingerprint density at radius 1 is 1.11 bits per heavy atom. The summed E-state index contributed by atoms with van der Waals surface area (Å²) in [6.45, 7) is 2.57. The van der Waals surface area contributed by atoms with Gasteiger partial charge in [0.1, 0.15) is 5.56 Å². The van der Waals surface area contributed by atoms with Crippen LogP contribution in [0.15, 0.2) is 36.4 Å². The molecule has 8 heteroatoms. The zero-order valence-electron chi connectivity index (χ0n) is 20.3. The minimum absolute atomic E-state index is 0.0485. The molecule has 1 heterocycles. The summed E-state index contributed by atoms with van der Waals surface area (Å²) in [6, 6.07) is 9.58. The molecule has 188 valence electrons. The minimum Gasteiger partial charge on any atom is -0.434 e. The standard InChI is InChI=1S/C28H28F3N3O2/c1-16-10-13-21(17(2)14-16)28(30,31)15-32-26(35)24-20-6-3-4-8-22(20)33-34-27(24)36-23-9-5-7-19(25(23)29)18-11-12-18/h5,7,9-10,13-14,18H,3-4,6,8,11-12,15H2,1-2H3,(H,32,35). The number of rotatable bonds is 7. The van der Waals surface area contributed by atoms with Gasteiger partial charge in [-0.1, -0.05) is 35.9 Å². The first kappa shape index (κ1) is 24.3. The zero-order chi connectivity index (χ0) is 25.4. The second kappa shape index (κ2) is 9.56. The maximum absolute atomic E-state index is 15.1. The largest absolute Gasteiger partial charge is 0.434 e. The normalized spacial score (nSPS) is 15.4. The van der Waals surface area contributed by atoms with Crippen molar-refractivity contribution in [2.24, 2.45) is 0 Å². The summed E-state index contributed by atoms with van der Waals surface area (Å²) in [7, 11) is 0. The molecule has 3 aromatic rings. The monoisotopic (exact) mass is 495 g/mol. The highest BCUT2D eigenvalue weighted by molar-refractivity contribution is 5.98. The van der Waals surface area contributed by atoms with Gasteiger partial charge in [-0.25, -0.2) is 4.39 Å². The molecule has 0 spiro atoms. The molecule has 1 saturated carbocycles. The van der Waals surface area contributed by atoms with Gasteiger partial charge in [-0.3, -0.25) is 4.79 Å². The predicted molar refractivity (Wildman–Crippen MR) is 129 cm³/mol. The zero-order valence-corrected chi connectivity index (χ0v) is 20.3. The van der Waals surface area contributed by atoms with E-state index >= 15 is 13.2 Å². The fourth-order valence-electron chi connectivity index (χ4n) is 4.88. The van der Waals surface area contributed by atoms with Gasteiger partial charge < -0.3 is 10.1 Å². The number of ether oxygens (including phenoxy) is 1. The van der Waals surface area contributed by atoms with E-state index in [1.165, 1.54) is 12.1 Å². The first-order chi connectivity index (χ1) is 17.2. The van der Waals surface area contributed by atoms with E-state index in [4.69, 9.17) is 4.74 Å². The molecule has 2 aromatic carbocycles. The lowest BCUT2D eigenvalue weighted by Gasteiger charge is -2.22. The van der Waals surface area contributed by atoms with Crippen LogP contribution >= 0.6 is 0 Å². The minimum atomic E-state index is -3.28. The third kappa shape index (κ3) is 4.81. The van der Waals surface area contributed by atoms with Gasteiger partial charge in [0.15, 0.2) is 11.6 Å². The van der Waals surface area contributed by atoms with Crippen molar-refractivity contribution in [2.45, 2.75) is 64.2 Å². The average Bonchev–Trinajstić information content (AvgIpc) is 3.69. The molecule has 0 atom stereocenters. The van der Waals surface area contributed by atoms with Crippen LogP contribution in [0.3, 0.4) is 0 Å². The first-order valence-corrected chi connectivity index (χ1v) is 12.3. The molecule has 5 nitrogen and oxygen atoms in total. The van der Waals surface area contributed by atoms with Gasteiger partial charge in [0.25, 0.3) is 17.7 Å². The van der Waals surface area contributed by atoms with E-state index in [9.17, 15) is 4.79 Å². The van der Waals surface area contributed by atoms with E-state index in [1.54, 1.807) is 31.2 Å². The number of fused-ring (bicyclic) bond motifs is 1. The number of hydrogen-bond donors (Lipinski definition) is 1. The van der Waals surface area contributed by atoms with Gasteiger partial charge in [0.2, 0.25) is 0 Å². The Morgan fingerprint density at radius 3 is 2.64 bits per heavy atom. The smallest absolute Gasteiger partial charge is 0.290 e. The van der Waals surface area contributed by atoms with Crippen LogP contribution in [0.2, 0.25) is 0 Å². The molecule has 0 bridgehead atoms. The highest BCUT2D eigenvalue weighted by Gasteiger charge is 2.35. The van der Waals surface area contributed by atoms with Gasteiger partial charge >= 0.3 is 0 Å². The molecule has 5 rings (SSSR count). The van der Waals surface area contributed by atoms with Crippen molar-refractivity contribution in [3.8, 4) is 11.6 Å². The molecular weight excluding hydrogens is 467 g/mol. The number of alkyl halides is 2. The van der Waals surface area contributed by atoms with E-state index in [-0.39, 0.29) is 28.7 Å². The van der Waals surface area contributed by atoms with Crippen LogP contribution in [0.1, 0.15) is 75.5 Å². The van der Waals surface area contributed by atoms with Gasteiger partial charge in [-0.2, -0.15) is 13.9 Å². The molecule has 1 N–H and O–H groups in total. The molecule has 0 radical (unpaired) electrons. The highest BCUT2D eigenvalue weighted by Crippen LogP contribution is 2.43. The lowest BCUT2D eigenvalue weighted by Crippen LogP contribution is -2.36. The van der Waals surface area contributed by atoms with Gasteiger partial charge in [-0.05, 0) is 81.0 Å². The summed E-state index contributed by atoms with van der Waals surface area (Å²) in [6.07, 6.45) is 4.73. The number of carbonyl (C=O) groups is 1. The van der Waals surface area contributed by atoms with Crippen LogP contribution in [0.5, 0.6) is 11.6 Å². The van der Waals surface area contributed by atoms with E-state index in [1.807, 2.05) is 6.92 Å². The van der Waals surface area contributed by atoms with Crippen molar-refractivity contribution < 1.29 is 22.7 Å². The maximum atomic E-state index is 15.1. The summed E-state index contributed by atoms with van der Waals surface area (Å²) < 4.78 is 51.0. The Bertz CT molecular complexity index is 1320. The Kier molecular flexibility index (Phi) is 6.45. The third-order valence-electron chi connectivity index (χ3n) is 6.91. The molecule has 0 aliphatic heterocycles. The number of nitrogens with one attached hydrogen (secondary N) is 1. The Labute approximate surface area is 208 Å². The van der Waals surface area contributed by atoms with Crippen molar-refractivity contribution in [3.63, 3.8) is 0 Å². The molecule has 1 fully saturated rings. The molecule has 0 saturated heterocycles. The Morgan fingerprint density at radius 2 is 1.89 bits per heavy atom. The SMILES string of the molecule is Cc1ccc(C(F)(F)CNC(=O)c2c(Oc3cccc(C4CC4)c3F)nnc3c2CCCC3)c(C)c1. The molecule has 2 aliphatic rings. The summed E-state index contributed by atoms with van der Waals surface area (Å²) in [5.74, 6) is -4.57. The fraction of sp³-hybridized carbons (Fsp3) is 0.393. The second-order valence-electron chi connectivity index (χ2n) is 9.75. The summed E-state index contributed by atoms with van der Waals surface area (Å²) in [5.41, 5.74) is 3.07. The maximum Gasteiger partial charge on any atom is 0.290 e. The van der Waals surface area contributed by atoms with Crippen LogP contribution in [0.25, 0.3) is 0 Å². The second-order valence-corrected chi connectivity index (χ2v) is 9.75. The molecule has 36 heavy (non-hydrogen) atoms. The number of benzene rings is 2. The highest BCUT2D eigenvalue weighted by atomic mass is 19.3. The number of aromatic nitrogens is 2. The van der Waals surface area contributed by atoms with Crippen LogP contribution in [-0.2, 0) is 18.8 Å². The van der Waals surface area contributed by atoms with Crippen molar-refractivity contribution in [1.82, 2.24) is 15.5 Å². The van der Waals surface area contributed by atoms with Crippen LogP contribution in [0, 0.1) is 19.7 Å². The third-order valence-corrected chi connectivity index (χ3v) is 6.91. The number of hydrogen-bond acceptors (Lipinski definition) is 4. The quantitative estimate of drug-likeness (QED) is 0.418. The fourth-order valence-corrected chi connectivity index (χ4v) is 4.88. The van der Waals surface area contributed by atoms with E-state index < -0.39 is 24.2 Å². The molecular formula is C28H28F3N3O2. The lowest BCUT2D eigenvalue weighted by atomic mass is 9.92. The number of carbonyl (C=O) groups excluding carboxylic acids is 1. The number of amides is 1. The Hall–Kier alpha value is -3.42. The van der Waals surface area contributed by atoms with Gasteiger partial charge in [0, 0.05) is 5.56 Å². The van der Waals surface area contributed by atoms with Crippen LogP contribution in [0.4, 0.5) is 13.2 Å². The number of halogens is 3. The van der Waals surface area contributed by atoms with Crippen molar-refractivity contribution in [3.05, 3.63) is 81.3 Å². The predicted octanol–water partition coefficient (Wildman–Crippen LogP) is 6.30. The molecule has 1 amide bonds. The van der Waals surface area contributed by atoms with Crippen LogP contribution in [-0.4, -0.2) is 22.6 Å². The van der Waals surface area contributed by atoms with Crippen molar-refractivity contribution in [1.29, 1.82) is 0 Å². The average molecular weight is 496 g/mol. The van der Waals surface area contributed by atoms with E-state index in [0.29, 0.717) is 35.2 Å². The molecule has 0 unspecified atom stereocenters. The summed E-state index contributed by atoms with van der Waals surface area (Å²) in [5, 5.41) is 10.7. The Balaban J connectivity index is 1.44. The van der Waals surface area contributed by atoms with Crippen molar-refractivity contribution in [2.75, 3.05) is 6.54 Å². The molecule has 2 aliphatic carbocycles. The molecule has 1 aromatic heterocycles. The lowest BCUT2D eigenvalue weighted by molar-refractivity contribution is -0.00312. The number of aryl methyl sites for hydroxylation is 3. The van der Waals surface area contributed by atoms with Crippen molar-refractivity contribution >= 4 is 5.91 Å². The van der Waals surface area contributed by atoms with E-state index in [0.717, 1.165) is 31.2 Å². The topological polar surface area (TPSA) is 64.1 Å². The van der Waals surface area contributed by atoms with Gasteiger partial charge in [-0.15, -0.1) is 5.10 Å². The van der Waals surface area contributed by atoms with E-state index in [2.05, 4.69) is 15.5 Å².